The van der Waals surface area contributed by atoms with Gasteiger partial charge in [0, 0.05) is 38.2 Å². The molecular formula is C13H18FN3O2. The van der Waals surface area contributed by atoms with Crippen molar-refractivity contribution in [2.45, 2.75) is 18.9 Å². The largest absolute Gasteiger partial charge is 0.494 e. The van der Waals surface area contributed by atoms with Gasteiger partial charge in [-0.15, -0.1) is 0 Å². The summed E-state index contributed by atoms with van der Waals surface area (Å²) < 4.78 is 18.4. The molecule has 1 fully saturated rings. The van der Waals surface area contributed by atoms with Crippen LogP contribution in [0.3, 0.4) is 0 Å². The van der Waals surface area contributed by atoms with Crippen molar-refractivity contribution in [1.29, 1.82) is 0 Å². The van der Waals surface area contributed by atoms with E-state index in [2.05, 4.69) is 5.32 Å². The number of nitrogens with two attached hydrogens (primary N) is 1. The molecule has 0 saturated carbocycles. The number of ether oxygens (including phenoxy) is 1. The van der Waals surface area contributed by atoms with E-state index in [1.54, 1.807) is 18.0 Å². The second kappa shape index (κ2) is 5.34. The predicted octanol–water partition coefficient (Wildman–Crippen LogP) is 1.45. The number of benzene rings is 1. The number of nitrogens with zero attached hydrogens (tertiary/aromatic N) is 1. The topological polar surface area (TPSA) is 67.6 Å². The molecule has 19 heavy (non-hydrogen) atoms. The van der Waals surface area contributed by atoms with Crippen molar-refractivity contribution in [2.24, 2.45) is 0 Å². The lowest BCUT2D eigenvalue weighted by Crippen LogP contribution is -2.43. The van der Waals surface area contributed by atoms with Gasteiger partial charge in [0.05, 0.1) is 18.5 Å². The van der Waals surface area contributed by atoms with Crippen LogP contribution in [0.1, 0.15) is 12.8 Å². The van der Waals surface area contributed by atoms with E-state index in [0.717, 1.165) is 6.42 Å². The molecule has 1 aliphatic heterocycles. The molecule has 0 bridgehead atoms. The first-order valence-electron chi connectivity index (χ1n) is 6.14. The Balaban J connectivity index is 2.13. The van der Waals surface area contributed by atoms with Gasteiger partial charge in [0.2, 0.25) is 5.91 Å². The number of piperidine rings is 1. The maximum absolute atomic E-state index is 13.4. The molecule has 2 rings (SSSR count). The number of nitrogens with one attached hydrogen (secondary N) is 1. The molecule has 0 aromatic heterocycles. The van der Waals surface area contributed by atoms with Crippen molar-refractivity contribution in [3.63, 3.8) is 0 Å². The van der Waals surface area contributed by atoms with Crippen LogP contribution in [0.2, 0.25) is 0 Å². The quantitative estimate of drug-likeness (QED) is 0.813. The van der Waals surface area contributed by atoms with E-state index < -0.39 is 5.82 Å². The molecule has 5 nitrogen and oxygen atoms in total. The predicted molar refractivity (Wildman–Crippen MR) is 71.6 cm³/mol. The molecule has 1 atom stereocenters. The minimum absolute atomic E-state index is 0.111. The molecule has 1 heterocycles. The van der Waals surface area contributed by atoms with Crippen LogP contribution < -0.4 is 15.8 Å². The van der Waals surface area contributed by atoms with Crippen LogP contribution in [0.15, 0.2) is 12.1 Å². The van der Waals surface area contributed by atoms with Gasteiger partial charge in [-0.3, -0.25) is 4.79 Å². The summed E-state index contributed by atoms with van der Waals surface area (Å²) in [5.74, 6) is -0.193. The zero-order valence-electron chi connectivity index (χ0n) is 11.1. The van der Waals surface area contributed by atoms with Gasteiger partial charge in [-0.2, -0.15) is 0 Å². The Morgan fingerprint density at radius 2 is 2.26 bits per heavy atom. The fourth-order valence-corrected chi connectivity index (χ4v) is 2.20. The summed E-state index contributed by atoms with van der Waals surface area (Å²) in [6.07, 6.45) is 1.24. The molecular weight excluding hydrogens is 249 g/mol. The van der Waals surface area contributed by atoms with Gasteiger partial charge in [-0.1, -0.05) is 0 Å². The monoisotopic (exact) mass is 267 g/mol. The average molecular weight is 267 g/mol. The number of hydrogen-bond acceptors (Lipinski definition) is 4. The highest BCUT2D eigenvalue weighted by Gasteiger charge is 2.23. The molecule has 6 heteroatoms. The van der Waals surface area contributed by atoms with Gasteiger partial charge in [0.25, 0.3) is 0 Å². The van der Waals surface area contributed by atoms with Gasteiger partial charge >= 0.3 is 0 Å². The maximum atomic E-state index is 13.4. The third-order valence-electron chi connectivity index (χ3n) is 3.31. The van der Waals surface area contributed by atoms with Crippen molar-refractivity contribution < 1.29 is 13.9 Å². The summed E-state index contributed by atoms with van der Waals surface area (Å²) in [5.41, 5.74) is 6.75. The number of halogens is 1. The van der Waals surface area contributed by atoms with E-state index in [9.17, 15) is 9.18 Å². The molecule has 1 aromatic rings. The van der Waals surface area contributed by atoms with E-state index in [0.29, 0.717) is 24.3 Å². The molecule has 0 aliphatic carbocycles. The van der Waals surface area contributed by atoms with E-state index >= 15 is 0 Å². The van der Waals surface area contributed by atoms with E-state index in [-0.39, 0.29) is 17.7 Å². The van der Waals surface area contributed by atoms with Gasteiger partial charge < -0.3 is 20.7 Å². The first-order chi connectivity index (χ1) is 9.01. The van der Waals surface area contributed by atoms with Crippen molar-refractivity contribution in [3.05, 3.63) is 17.9 Å². The first-order valence-corrected chi connectivity index (χ1v) is 6.14. The van der Waals surface area contributed by atoms with Crippen LogP contribution in [0.25, 0.3) is 0 Å². The molecule has 1 aromatic carbocycles. The lowest BCUT2D eigenvalue weighted by atomic mass is 10.0. The summed E-state index contributed by atoms with van der Waals surface area (Å²) >= 11 is 0. The van der Waals surface area contributed by atoms with E-state index in [4.69, 9.17) is 10.5 Å². The SMILES string of the molecule is COc1cc(NC2CCC(=O)N(C)C2)c(N)cc1F. The summed E-state index contributed by atoms with van der Waals surface area (Å²) in [5, 5.41) is 3.24. The Kier molecular flexibility index (Phi) is 3.78. The highest BCUT2D eigenvalue weighted by atomic mass is 19.1. The Bertz CT molecular complexity index is 493. The number of hydrogen-bond donors (Lipinski definition) is 2. The van der Waals surface area contributed by atoms with Crippen LogP contribution in [0, 0.1) is 5.82 Å². The van der Waals surface area contributed by atoms with Gasteiger partial charge in [0.15, 0.2) is 11.6 Å². The Labute approximate surface area is 111 Å². The lowest BCUT2D eigenvalue weighted by molar-refractivity contribution is -0.132. The summed E-state index contributed by atoms with van der Waals surface area (Å²) in [6.45, 7) is 0.609. The zero-order valence-corrected chi connectivity index (χ0v) is 11.1. The van der Waals surface area contributed by atoms with Crippen LogP contribution >= 0.6 is 0 Å². The van der Waals surface area contributed by atoms with Gasteiger partial charge in [0.1, 0.15) is 0 Å². The summed E-state index contributed by atoms with van der Waals surface area (Å²) in [4.78, 5) is 13.1. The Hall–Kier alpha value is -1.98. The Morgan fingerprint density at radius 3 is 2.89 bits per heavy atom. The first kappa shape index (κ1) is 13.5. The number of likely N-dealkylation sites (tertiary alicyclic amines) is 1. The van der Waals surface area contributed by atoms with Crippen LogP contribution in [-0.4, -0.2) is 37.6 Å². The molecule has 1 amide bonds. The highest BCUT2D eigenvalue weighted by Crippen LogP contribution is 2.29. The van der Waals surface area contributed by atoms with Crippen LogP contribution in [0.4, 0.5) is 15.8 Å². The van der Waals surface area contributed by atoms with Crippen molar-refractivity contribution in [1.82, 2.24) is 4.90 Å². The smallest absolute Gasteiger partial charge is 0.222 e. The number of carbonyl (C=O) groups is 1. The van der Waals surface area contributed by atoms with Gasteiger partial charge in [-0.05, 0) is 6.42 Å². The molecule has 0 radical (unpaired) electrons. The standard InChI is InChI=1S/C13H18FN3O2/c1-17-7-8(3-4-13(17)18)16-11-6-12(19-2)9(14)5-10(11)15/h5-6,8,16H,3-4,7,15H2,1-2H3. The van der Waals surface area contributed by atoms with Crippen LogP contribution in [-0.2, 0) is 4.79 Å². The van der Waals surface area contributed by atoms with Gasteiger partial charge in [-0.25, -0.2) is 4.39 Å². The fourth-order valence-electron chi connectivity index (χ4n) is 2.20. The number of rotatable bonds is 3. The van der Waals surface area contributed by atoms with E-state index in [1.807, 2.05) is 0 Å². The third-order valence-corrected chi connectivity index (χ3v) is 3.31. The molecule has 104 valence electrons. The van der Waals surface area contributed by atoms with E-state index in [1.165, 1.54) is 13.2 Å². The van der Waals surface area contributed by atoms with Crippen LogP contribution in [0.5, 0.6) is 5.75 Å². The number of anilines is 2. The number of amides is 1. The Morgan fingerprint density at radius 1 is 1.53 bits per heavy atom. The fraction of sp³-hybridized carbons (Fsp3) is 0.462. The second-order valence-electron chi connectivity index (χ2n) is 4.73. The highest BCUT2D eigenvalue weighted by molar-refractivity contribution is 5.77. The maximum Gasteiger partial charge on any atom is 0.222 e. The molecule has 3 N–H and O–H groups in total. The minimum atomic E-state index is -0.485. The zero-order chi connectivity index (χ0) is 14.0. The number of carbonyl (C=O) groups excluding carboxylic acids is 1. The lowest BCUT2D eigenvalue weighted by Gasteiger charge is -2.31. The van der Waals surface area contributed by atoms with Crippen molar-refractivity contribution in [3.8, 4) is 5.75 Å². The third kappa shape index (κ3) is 2.89. The molecule has 1 unspecified atom stereocenters. The number of likely N-dealkylation sites (N-methyl/N-ethyl adjacent to an activating group) is 1. The van der Waals surface area contributed by atoms with Crippen molar-refractivity contribution >= 4 is 17.3 Å². The minimum Gasteiger partial charge on any atom is -0.494 e. The van der Waals surface area contributed by atoms with Crippen molar-refractivity contribution in [2.75, 3.05) is 31.8 Å². The number of nitrogen functional groups attached to an aromatic ring is 1. The summed E-state index contributed by atoms with van der Waals surface area (Å²) in [6, 6.07) is 2.89. The molecule has 1 aliphatic rings. The molecule has 1 saturated heterocycles. The molecule has 0 spiro atoms. The second-order valence-corrected chi connectivity index (χ2v) is 4.73. The normalized spacial score (nSPS) is 19.4. The summed E-state index contributed by atoms with van der Waals surface area (Å²) in [7, 11) is 3.18. The number of methoxy groups -OCH3 is 1. The average Bonchev–Trinajstić information content (AvgIpc) is 2.37.